The van der Waals surface area contributed by atoms with Crippen molar-refractivity contribution in [2.45, 2.75) is 91.3 Å². The van der Waals surface area contributed by atoms with Crippen LogP contribution in [0.5, 0.6) is 0 Å². The van der Waals surface area contributed by atoms with Crippen LogP contribution in [0.3, 0.4) is 0 Å². The molecule has 0 saturated carbocycles. The highest BCUT2D eigenvalue weighted by Crippen LogP contribution is 2.14. The van der Waals surface area contributed by atoms with Crippen LogP contribution < -0.4 is 21.7 Å². The molecule has 1 aromatic rings. The number of nitrogens with zero attached hydrogens (tertiary/aromatic N) is 1. The third-order valence-corrected chi connectivity index (χ3v) is 7.11. The summed E-state index contributed by atoms with van der Waals surface area (Å²) in [6.45, 7) is 8.03. The number of esters is 1. The highest BCUT2D eigenvalue weighted by Gasteiger charge is 2.29. The van der Waals surface area contributed by atoms with Crippen LogP contribution in [0, 0.1) is 11.8 Å². The summed E-state index contributed by atoms with van der Waals surface area (Å²) in [6, 6.07) is 5.21. The molecule has 1 aromatic carbocycles. The van der Waals surface area contributed by atoms with Gasteiger partial charge in [0.15, 0.2) is 0 Å². The van der Waals surface area contributed by atoms with Gasteiger partial charge in [-0.1, -0.05) is 46.2 Å². The number of carbonyl (C=O) groups is 6. The lowest BCUT2D eigenvalue weighted by molar-refractivity contribution is -0.148. The predicted molar refractivity (Wildman–Crippen MR) is 166 cm³/mol. The fraction of sp³-hybridized carbons (Fsp3) is 0.562. The van der Waals surface area contributed by atoms with E-state index in [1.54, 1.807) is 38.1 Å². The van der Waals surface area contributed by atoms with Crippen LogP contribution in [0.15, 0.2) is 36.4 Å². The van der Waals surface area contributed by atoms with Crippen LogP contribution in [0.4, 0.5) is 5.69 Å². The fourth-order valence-corrected chi connectivity index (χ4v) is 4.42. The molecule has 5 amide bonds. The number of nitrogens with two attached hydrogens (primary N) is 1. The normalized spacial score (nSPS) is 14.1. The van der Waals surface area contributed by atoms with E-state index in [2.05, 4.69) is 16.0 Å². The highest BCUT2D eigenvalue weighted by atomic mass is 16.5. The first kappa shape index (κ1) is 36.1. The fourth-order valence-electron chi connectivity index (χ4n) is 4.42. The van der Waals surface area contributed by atoms with Crippen LogP contribution >= 0.6 is 0 Å². The minimum absolute atomic E-state index is 0.129. The maximum absolute atomic E-state index is 13.3. The number of rotatable bonds is 19. The molecule has 0 aliphatic carbocycles. The van der Waals surface area contributed by atoms with Crippen molar-refractivity contribution in [1.82, 2.24) is 15.5 Å². The van der Waals surface area contributed by atoms with Gasteiger partial charge in [0.25, 0.3) is 11.8 Å². The number of benzene rings is 1. The van der Waals surface area contributed by atoms with Crippen LogP contribution in [0.1, 0.15) is 78.2 Å². The highest BCUT2D eigenvalue weighted by molar-refractivity contribution is 6.12. The SMILES string of the molecule is CC(C)C(=O)OCc1ccc(NC(=O)[C@H](CCCCN)NC(=O)[C@@H](NC(=O)CCCCCN2C(=O)C=CC2=O)C(C)C)cc1. The van der Waals surface area contributed by atoms with E-state index in [1.807, 2.05) is 13.8 Å². The predicted octanol–water partition coefficient (Wildman–Crippen LogP) is 2.56. The Hall–Kier alpha value is -4.06. The Morgan fingerprint density at radius 3 is 2.09 bits per heavy atom. The van der Waals surface area contributed by atoms with E-state index in [0.29, 0.717) is 57.3 Å². The molecule has 5 N–H and O–H groups in total. The number of imide groups is 1. The first-order valence-electron chi connectivity index (χ1n) is 15.3. The molecule has 44 heavy (non-hydrogen) atoms. The van der Waals surface area contributed by atoms with Crippen molar-refractivity contribution in [2.75, 3.05) is 18.4 Å². The molecule has 0 fully saturated rings. The second-order valence-corrected chi connectivity index (χ2v) is 11.6. The minimum Gasteiger partial charge on any atom is -0.461 e. The van der Waals surface area contributed by atoms with E-state index in [-0.39, 0.29) is 48.6 Å². The molecule has 1 aliphatic rings. The molecular formula is C32H47N5O7. The van der Waals surface area contributed by atoms with E-state index in [0.717, 1.165) is 5.56 Å². The molecule has 2 rings (SSSR count). The average Bonchev–Trinajstić information content (AvgIpc) is 3.30. The molecule has 0 bridgehead atoms. The van der Waals surface area contributed by atoms with Gasteiger partial charge in [0.1, 0.15) is 18.7 Å². The Morgan fingerprint density at radius 1 is 0.841 bits per heavy atom. The lowest BCUT2D eigenvalue weighted by atomic mass is 10.0. The van der Waals surface area contributed by atoms with E-state index < -0.39 is 23.9 Å². The summed E-state index contributed by atoms with van der Waals surface area (Å²) in [6.07, 6.45) is 6.09. The third-order valence-electron chi connectivity index (χ3n) is 7.11. The third kappa shape index (κ3) is 12.3. The Bertz CT molecular complexity index is 1160. The molecule has 0 saturated heterocycles. The van der Waals surface area contributed by atoms with Crippen molar-refractivity contribution in [1.29, 1.82) is 0 Å². The van der Waals surface area contributed by atoms with Crippen molar-refractivity contribution in [3.8, 4) is 0 Å². The number of amides is 5. The van der Waals surface area contributed by atoms with Gasteiger partial charge in [0.2, 0.25) is 17.7 Å². The standard InChI is InChI=1S/C32H47N5O7/c1-21(2)29(36-26(38)11-6-5-9-19-37-27(39)16-17-28(37)40)31(42)35-25(10-7-8-18-33)30(41)34-24-14-12-23(13-15-24)20-44-32(43)22(3)4/h12-17,21-22,25,29H,5-11,18-20,33H2,1-4H3,(H,34,41)(H,35,42)(H,36,38)/t25-,29-/m0/s1. The summed E-state index contributed by atoms with van der Waals surface area (Å²) in [5.74, 6) is -2.55. The maximum atomic E-state index is 13.3. The van der Waals surface area contributed by atoms with Crippen molar-refractivity contribution < 1.29 is 33.5 Å². The zero-order valence-corrected chi connectivity index (χ0v) is 26.2. The average molecular weight is 614 g/mol. The zero-order valence-electron chi connectivity index (χ0n) is 26.2. The summed E-state index contributed by atoms with van der Waals surface area (Å²) in [5.41, 5.74) is 6.93. The summed E-state index contributed by atoms with van der Waals surface area (Å²) >= 11 is 0. The van der Waals surface area contributed by atoms with Gasteiger partial charge >= 0.3 is 5.97 Å². The summed E-state index contributed by atoms with van der Waals surface area (Å²) in [7, 11) is 0. The molecule has 0 aromatic heterocycles. The lowest BCUT2D eigenvalue weighted by Gasteiger charge is -2.25. The molecule has 242 valence electrons. The Balaban J connectivity index is 1.90. The van der Waals surface area contributed by atoms with Gasteiger partial charge in [-0.25, -0.2) is 0 Å². The Morgan fingerprint density at radius 2 is 1.50 bits per heavy atom. The van der Waals surface area contributed by atoms with Crippen molar-refractivity contribution in [3.63, 3.8) is 0 Å². The van der Waals surface area contributed by atoms with Crippen LogP contribution in [-0.4, -0.2) is 65.6 Å². The molecule has 1 aliphatic heterocycles. The van der Waals surface area contributed by atoms with Gasteiger partial charge in [-0.3, -0.25) is 33.7 Å². The second-order valence-electron chi connectivity index (χ2n) is 11.6. The summed E-state index contributed by atoms with van der Waals surface area (Å²) in [4.78, 5) is 75.3. The molecule has 0 spiro atoms. The summed E-state index contributed by atoms with van der Waals surface area (Å²) < 4.78 is 5.23. The lowest BCUT2D eigenvalue weighted by Crippen LogP contribution is -2.54. The van der Waals surface area contributed by atoms with Crippen molar-refractivity contribution in [2.24, 2.45) is 17.6 Å². The van der Waals surface area contributed by atoms with E-state index in [9.17, 15) is 28.8 Å². The van der Waals surface area contributed by atoms with E-state index in [4.69, 9.17) is 10.5 Å². The van der Waals surface area contributed by atoms with Gasteiger partial charge in [-0.2, -0.15) is 0 Å². The number of unbranched alkanes of at least 4 members (excludes halogenated alkanes) is 3. The van der Waals surface area contributed by atoms with Gasteiger partial charge in [-0.05, 0) is 62.3 Å². The van der Waals surface area contributed by atoms with Crippen molar-refractivity contribution in [3.05, 3.63) is 42.0 Å². The monoisotopic (exact) mass is 613 g/mol. The number of carbonyl (C=O) groups excluding carboxylic acids is 6. The first-order chi connectivity index (χ1) is 20.9. The van der Waals surface area contributed by atoms with Gasteiger partial charge in [-0.15, -0.1) is 0 Å². The quantitative estimate of drug-likeness (QED) is 0.105. The number of hydrogen-bond acceptors (Lipinski definition) is 8. The Kier molecular flexibility index (Phi) is 15.2. The molecule has 0 radical (unpaired) electrons. The maximum Gasteiger partial charge on any atom is 0.308 e. The van der Waals surface area contributed by atoms with Crippen LogP contribution in [0.2, 0.25) is 0 Å². The van der Waals surface area contributed by atoms with Crippen LogP contribution in [0.25, 0.3) is 0 Å². The number of anilines is 1. The Labute approximate surface area is 259 Å². The topological polar surface area (TPSA) is 177 Å². The number of nitrogens with one attached hydrogen (secondary N) is 3. The van der Waals surface area contributed by atoms with Gasteiger partial charge in [0, 0.05) is 30.8 Å². The smallest absolute Gasteiger partial charge is 0.308 e. The van der Waals surface area contributed by atoms with E-state index in [1.165, 1.54) is 17.1 Å². The first-order valence-corrected chi connectivity index (χ1v) is 15.3. The van der Waals surface area contributed by atoms with Crippen LogP contribution in [-0.2, 0) is 40.1 Å². The van der Waals surface area contributed by atoms with E-state index >= 15 is 0 Å². The molecule has 1 heterocycles. The molecule has 2 atom stereocenters. The van der Waals surface area contributed by atoms with Crippen molar-refractivity contribution >= 4 is 41.2 Å². The largest absolute Gasteiger partial charge is 0.461 e. The minimum atomic E-state index is -0.843. The molecular weight excluding hydrogens is 566 g/mol. The number of ether oxygens (including phenoxy) is 1. The molecule has 12 nitrogen and oxygen atoms in total. The zero-order chi connectivity index (χ0) is 32.6. The van der Waals surface area contributed by atoms with Gasteiger partial charge in [0.05, 0.1) is 5.92 Å². The summed E-state index contributed by atoms with van der Waals surface area (Å²) in [5, 5.41) is 8.43. The molecule has 0 unspecified atom stereocenters. The number of hydrogen-bond donors (Lipinski definition) is 4. The second kappa shape index (κ2) is 18.6. The van der Waals surface area contributed by atoms with Gasteiger partial charge < -0.3 is 26.4 Å². The molecule has 12 heteroatoms.